The number of aromatic nitrogens is 2. The minimum Gasteiger partial charge on any atom is -0.494 e. The minimum absolute atomic E-state index is 0.0253. The molecule has 0 atom stereocenters. The molecule has 1 aromatic heterocycles. The highest BCUT2D eigenvalue weighted by Crippen LogP contribution is 2.38. The minimum atomic E-state index is -0.428. The van der Waals surface area contributed by atoms with Crippen molar-refractivity contribution in [3.63, 3.8) is 0 Å². The lowest BCUT2D eigenvalue weighted by molar-refractivity contribution is -0.385. The summed E-state index contributed by atoms with van der Waals surface area (Å²) in [6, 6.07) is 10.8. The third-order valence-corrected chi connectivity index (χ3v) is 4.66. The Morgan fingerprint density at radius 1 is 1.24 bits per heavy atom. The van der Waals surface area contributed by atoms with Gasteiger partial charge >= 0.3 is 0 Å². The van der Waals surface area contributed by atoms with E-state index >= 15 is 0 Å². The van der Waals surface area contributed by atoms with Crippen molar-refractivity contribution in [1.82, 2.24) is 9.55 Å². The number of anilines is 1. The van der Waals surface area contributed by atoms with E-state index in [2.05, 4.69) is 10.3 Å². The molecule has 9 nitrogen and oxygen atoms in total. The zero-order valence-corrected chi connectivity index (χ0v) is 16.0. The van der Waals surface area contributed by atoms with Crippen LogP contribution in [0.1, 0.15) is 12.5 Å². The number of nitrogens with one attached hydrogen (secondary N) is 1. The van der Waals surface area contributed by atoms with Crippen molar-refractivity contribution >= 4 is 11.6 Å². The lowest BCUT2D eigenvalue weighted by atomic mass is 10.1. The SMILES string of the molecule is CCOc1ccc(-c2cnc(NCc3cc4c(cc3[N+](=O)[O-])OCO4)n2C)cc1. The van der Waals surface area contributed by atoms with Crippen LogP contribution in [-0.4, -0.2) is 27.9 Å². The maximum absolute atomic E-state index is 11.4. The molecule has 9 heteroatoms. The first-order valence-electron chi connectivity index (χ1n) is 9.12. The second-order valence-electron chi connectivity index (χ2n) is 6.43. The number of nitro groups is 1. The van der Waals surface area contributed by atoms with E-state index in [0.717, 1.165) is 17.0 Å². The smallest absolute Gasteiger partial charge is 0.278 e. The fourth-order valence-electron chi connectivity index (χ4n) is 3.19. The Balaban J connectivity index is 1.54. The molecule has 2 aromatic carbocycles. The van der Waals surface area contributed by atoms with Gasteiger partial charge in [-0.3, -0.25) is 10.1 Å². The first-order valence-corrected chi connectivity index (χ1v) is 9.12. The number of benzene rings is 2. The quantitative estimate of drug-likeness (QED) is 0.480. The van der Waals surface area contributed by atoms with Crippen molar-refractivity contribution in [2.24, 2.45) is 7.05 Å². The van der Waals surface area contributed by atoms with E-state index < -0.39 is 4.92 Å². The van der Waals surface area contributed by atoms with Crippen LogP contribution in [0.15, 0.2) is 42.6 Å². The van der Waals surface area contributed by atoms with Crippen LogP contribution in [0, 0.1) is 10.1 Å². The van der Waals surface area contributed by atoms with Gasteiger partial charge in [-0.15, -0.1) is 0 Å². The van der Waals surface area contributed by atoms with Crippen LogP contribution in [0.3, 0.4) is 0 Å². The maximum Gasteiger partial charge on any atom is 0.278 e. The summed E-state index contributed by atoms with van der Waals surface area (Å²) in [6.45, 7) is 2.84. The number of fused-ring (bicyclic) bond motifs is 1. The monoisotopic (exact) mass is 396 g/mol. The Morgan fingerprint density at radius 2 is 1.97 bits per heavy atom. The van der Waals surface area contributed by atoms with Gasteiger partial charge in [-0.25, -0.2) is 4.98 Å². The molecule has 4 rings (SSSR count). The highest BCUT2D eigenvalue weighted by molar-refractivity contribution is 5.63. The predicted molar refractivity (Wildman–Crippen MR) is 106 cm³/mol. The van der Waals surface area contributed by atoms with Crippen LogP contribution < -0.4 is 19.5 Å². The first-order chi connectivity index (χ1) is 14.1. The van der Waals surface area contributed by atoms with Crippen LogP contribution in [0.4, 0.5) is 11.6 Å². The second kappa shape index (κ2) is 7.70. The summed E-state index contributed by atoms with van der Waals surface area (Å²) < 4.78 is 17.9. The normalized spacial score (nSPS) is 12.1. The van der Waals surface area contributed by atoms with Crippen molar-refractivity contribution < 1.29 is 19.1 Å². The summed E-state index contributed by atoms with van der Waals surface area (Å²) in [5.41, 5.74) is 2.37. The number of ether oxygens (including phenoxy) is 3. The average Bonchev–Trinajstić information content (AvgIpc) is 3.32. The van der Waals surface area contributed by atoms with Crippen LogP contribution in [0.2, 0.25) is 0 Å². The van der Waals surface area contributed by atoms with Gasteiger partial charge in [-0.05, 0) is 37.3 Å². The van der Waals surface area contributed by atoms with Crippen LogP contribution in [0.25, 0.3) is 11.3 Å². The molecule has 1 N–H and O–H groups in total. The van der Waals surface area contributed by atoms with Crippen LogP contribution in [0.5, 0.6) is 17.2 Å². The van der Waals surface area contributed by atoms with Gasteiger partial charge in [0.25, 0.3) is 5.69 Å². The number of nitro benzene ring substituents is 1. The zero-order valence-electron chi connectivity index (χ0n) is 16.0. The van der Waals surface area contributed by atoms with E-state index in [4.69, 9.17) is 14.2 Å². The van der Waals surface area contributed by atoms with Crippen molar-refractivity contribution in [2.45, 2.75) is 13.5 Å². The maximum atomic E-state index is 11.4. The van der Waals surface area contributed by atoms with Gasteiger partial charge in [0.05, 0.1) is 35.1 Å². The zero-order chi connectivity index (χ0) is 20.4. The van der Waals surface area contributed by atoms with E-state index in [-0.39, 0.29) is 19.0 Å². The summed E-state index contributed by atoms with van der Waals surface area (Å²) in [4.78, 5) is 15.4. The molecule has 29 heavy (non-hydrogen) atoms. The number of hydrogen-bond acceptors (Lipinski definition) is 7. The molecule has 0 spiro atoms. The molecule has 0 aliphatic carbocycles. The Bertz CT molecular complexity index is 1050. The van der Waals surface area contributed by atoms with E-state index in [1.54, 1.807) is 12.3 Å². The largest absolute Gasteiger partial charge is 0.494 e. The van der Waals surface area contributed by atoms with Gasteiger partial charge < -0.3 is 24.1 Å². The van der Waals surface area contributed by atoms with Gasteiger partial charge in [0.2, 0.25) is 12.7 Å². The highest BCUT2D eigenvalue weighted by Gasteiger charge is 2.23. The van der Waals surface area contributed by atoms with Crippen molar-refractivity contribution in [1.29, 1.82) is 0 Å². The highest BCUT2D eigenvalue weighted by atomic mass is 16.7. The summed E-state index contributed by atoms with van der Waals surface area (Å²) in [6.07, 6.45) is 1.76. The predicted octanol–water partition coefficient (Wildman–Crippen LogP) is 3.73. The number of rotatable bonds is 7. The molecule has 0 amide bonds. The van der Waals surface area contributed by atoms with Gasteiger partial charge in [0.15, 0.2) is 11.5 Å². The molecular weight excluding hydrogens is 376 g/mol. The van der Waals surface area contributed by atoms with Crippen molar-refractivity contribution in [3.8, 4) is 28.5 Å². The summed E-state index contributed by atoms with van der Waals surface area (Å²) in [5, 5.41) is 14.6. The molecule has 1 aliphatic heterocycles. The molecule has 0 radical (unpaired) electrons. The third kappa shape index (κ3) is 3.66. The molecule has 0 bridgehead atoms. The molecule has 0 fully saturated rings. The second-order valence-corrected chi connectivity index (χ2v) is 6.43. The van der Waals surface area contributed by atoms with Gasteiger partial charge in [-0.1, -0.05) is 0 Å². The fraction of sp³-hybridized carbons (Fsp3) is 0.250. The van der Waals surface area contributed by atoms with Crippen molar-refractivity contribution in [3.05, 3.63) is 58.3 Å². The summed E-state index contributed by atoms with van der Waals surface area (Å²) in [7, 11) is 1.88. The molecular formula is C20H20N4O5. The Hall–Kier alpha value is -3.75. The number of nitrogens with zero attached hydrogens (tertiary/aromatic N) is 3. The molecule has 3 aromatic rings. The van der Waals surface area contributed by atoms with Gasteiger partial charge in [0, 0.05) is 19.2 Å². The van der Waals surface area contributed by atoms with Gasteiger partial charge in [0.1, 0.15) is 5.75 Å². The fourth-order valence-corrected chi connectivity index (χ4v) is 3.19. The Kier molecular flexibility index (Phi) is 4.94. The standard InChI is InChI=1S/C20H20N4O5/c1-3-27-15-6-4-13(5-7-15)17-11-22-20(23(17)2)21-10-14-8-18-19(29-12-28-18)9-16(14)24(25)26/h4-9,11H,3,10,12H2,1-2H3,(H,21,22). The third-order valence-electron chi connectivity index (χ3n) is 4.66. The van der Waals surface area contributed by atoms with E-state index in [0.29, 0.717) is 29.6 Å². The van der Waals surface area contributed by atoms with E-state index in [1.165, 1.54) is 6.07 Å². The van der Waals surface area contributed by atoms with E-state index in [9.17, 15) is 10.1 Å². The Morgan fingerprint density at radius 3 is 2.66 bits per heavy atom. The topological polar surface area (TPSA) is 101 Å². The molecule has 0 saturated heterocycles. The molecule has 1 aliphatic rings. The average molecular weight is 396 g/mol. The summed E-state index contributed by atoms with van der Waals surface area (Å²) in [5.74, 6) is 2.30. The molecule has 0 unspecified atom stereocenters. The van der Waals surface area contributed by atoms with Gasteiger partial charge in [-0.2, -0.15) is 0 Å². The number of hydrogen-bond donors (Lipinski definition) is 1. The Labute approximate surface area is 167 Å². The van der Waals surface area contributed by atoms with Crippen LogP contribution >= 0.6 is 0 Å². The lowest BCUT2D eigenvalue weighted by Crippen LogP contribution is -2.07. The molecule has 0 saturated carbocycles. The summed E-state index contributed by atoms with van der Waals surface area (Å²) >= 11 is 0. The molecule has 2 heterocycles. The number of imidazole rings is 1. The first kappa shape index (κ1) is 18.6. The van der Waals surface area contributed by atoms with Crippen molar-refractivity contribution in [2.75, 3.05) is 18.7 Å². The lowest BCUT2D eigenvalue weighted by Gasteiger charge is -2.10. The van der Waals surface area contributed by atoms with Crippen LogP contribution in [-0.2, 0) is 13.6 Å². The molecule has 150 valence electrons. The van der Waals surface area contributed by atoms with E-state index in [1.807, 2.05) is 42.8 Å².